The quantitative estimate of drug-likeness (QED) is 0.573. The molecular weight excluding hydrogens is 387 g/mol. The molecule has 0 aromatic heterocycles. The number of benzene rings is 2. The first-order valence-corrected chi connectivity index (χ1v) is 11.4. The zero-order valence-electron chi connectivity index (χ0n) is 16.7. The number of rotatable bonds is 4. The highest BCUT2D eigenvalue weighted by molar-refractivity contribution is 6.35. The van der Waals surface area contributed by atoms with Gasteiger partial charge in [0.15, 0.2) is 0 Å². The molecule has 0 bridgehead atoms. The standard InChI is InChI=1S/C24H30Cl2N2/c1-18-7-9-19(10-8-18)24(22-12-11-20(25)17-23(22)26)28-15-13-27(14-16-28)21-5-3-2-4-6-21/h7-12,17,21,24H,2-6,13-16H2,1H3. The molecule has 4 heteroatoms. The molecule has 4 rings (SSSR count). The summed E-state index contributed by atoms with van der Waals surface area (Å²) < 4.78 is 0. The third-order valence-corrected chi connectivity index (χ3v) is 7.02. The number of halogens is 2. The van der Waals surface area contributed by atoms with Crippen LogP contribution in [0.5, 0.6) is 0 Å². The molecule has 0 radical (unpaired) electrons. The summed E-state index contributed by atoms with van der Waals surface area (Å²) in [5.41, 5.74) is 3.74. The average molecular weight is 417 g/mol. The molecule has 150 valence electrons. The monoisotopic (exact) mass is 416 g/mol. The molecule has 2 aromatic carbocycles. The van der Waals surface area contributed by atoms with Crippen LogP contribution >= 0.6 is 23.2 Å². The molecule has 2 nitrogen and oxygen atoms in total. The summed E-state index contributed by atoms with van der Waals surface area (Å²) in [6, 6.07) is 15.8. The fourth-order valence-corrected chi connectivity index (χ4v) is 5.38. The van der Waals surface area contributed by atoms with Crippen LogP contribution in [0, 0.1) is 6.92 Å². The highest BCUT2D eigenvalue weighted by Gasteiger charge is 2.30. The Bertz CT molecular complexity index is 776. The van der Waals surface area contributed by atoms with Crippen LogP contribution in [0.25, 0.3) is 0 Å². The fourth-order valence-electron chi connectivity index (χ4n) is 4.87. The Labute approximate surface area is 179 Å². The van der Waals surface area contributed by atoms with Crippen molar-refractivity contribution in [3.05, 3.63) is 69.2 Å². The molecule has 1 saturated heterocycles. The predicted octanol–water partition coefficient (Wildman–Crippen LogP) is 6.34. The van der Waals surface area contributed by atoms with Crippen LogP contribution in [0.2, 0.25) is 10.0 Å². The van der Waals surface area contributed by atoms with Crippen molar-refractivity contribution >= 4 is 23.2 Å². The number of hydrogen-bond donors (Lipinski definition) is 0. The number of hydrogen-bond acceptors (Lipinski definition) is 2. The topological polar surface area (TPSA) is 6.48 Å². The van der Waals surface area contributed by atoms with E-state index in [2.05, 4.69) is 47.1 Å². The average Bonchev–Trinajstić information content (AvgIpc) is 2.72. The zero-order valence-corrected chi connectivity index (χ0v) is 18.2. The Morgan fingerprint density at radius 2 is 1.54 bits per heavy atom. The minimum Gasteiger partial charge on any atom is -0.298 e. The summed E-state index contributed by atoms with van der Waals surface area (Å²) in [6.45, 7) is 6.59. The van der Waals surface area contributed by atoms with Gasteiger partial charge in [-0.05, 0) is 43.0 Å². The van der Waals surface area contributed by atoms with Crippen molar-refractivity contribution < 1.29 is 0 Å². The molecule has 1 saturated carbocycles. The lowest BCUT2D eigenvalue weighted by atomic mass is 9.93. The van der Waals surface area contributed by atoms with Crippen LogP contribution in [0.4, 0.5) is 0 Å². The molecule has 0 amide bonds. The van der Waals surface area contributed by atoms with E-state index >= 15 is 0 Å². The van der Waals surface area contributed by atoms with Crippen molar-refractivity contribution in [2.24, 2.45) is 0 Å². The van der Waals surface area contributed by atoms with Crippen LogP contribution in [0.3, 0.4) is 0 Å². The zero-order chi connectivity index (χ0) is 19.5. The van der Waals surface area contributed by atoms with Crippen molar-refractivity contribution in [1.82, 2.24) is 9.80 Å². The van der Waals surface area contributed by atoms with Gasteiger partial charge in [-0.25, -0.2) is 0 Å². The second-order valence-electron chi connectivity index (χ2n) is 8.34. The first kappa shape index (κ1) is 20.2. The van der Waals surface area contributed by atoms with Crippen LogP contribution in [-0.2, 0) is 0 Å². The van der Waals surface area contributed by atoms with Gasteiger partial charge in [0.1, 0.15) is 0 Å². The highest BCUT2D eigenvalue weighted by Crippen LogP contribution is 2.36. The van der Waals surface area contributed by atoms with E-state index in [9.17, 15) is 0 Å². The normalized spacial score (nSPS) is 21.0. The summed E-state index contributed by atoms with van der Waals surface area (Å²) in [6.07, 6.45) is 6.98. The van der Waals surface area contributed by atoms with E-state index in [4.69, 9.17) is 23.2 Å². The van der Waals surface area contributed by atoms with Crippen LogP contribution in [-0.4, -0.2) is 42.0 Å². The van der Waals surface area contributed by atoms with E-state index in [0.29, 0.717) is 5.02 Å². The lowest BCUT2D eigenvalue weighted by Gasteiger charge is -2.43. The van der Waals surface area contributed by atoms with Gasteiger partial charge in [0.25, 0.3) is 0 Å². The van der Waals surface area contributed by atoms with Gasteiger partial charge in [0.05, 0.1) is 6.04 Å². The Morgan fingerprint density at radius 3 is 2.18 bits per heavy atom. The third-order valence-electron chi connectivity index (χ3n) is 6.46. The van der Waals surface area contributed by atoms with E-state index in [1.54, 1.807) is 0 Å². The second kappa shape index (κ2) is 9.17. The Kier molecular flexibility index (Phi) is 6.62. The van der Waals surface area contributed by atoms with Crippen LogP contribution < -0.4 is 0 Å². The van der Waals surface area contributed by atoms with E-state index in [-0.39, 0.29) is 6.04 Å². The molecule has 2 aliphatic rings. The molecule has 1 aliphatic heterocycles. The first-order chi connectivity index (χ1) is 13.6. The predicted molar refractivity (Wildman–Crippen MR) is 120 cm³/mol. The van der Waals surface area contributed by atoms with Gasteiger partial charge in [-0.3, -0.25) is 9.80 Å². The smallest absolute Gasteiger partial charge is 0.0617 e. The summed E-state index contributed by atoms with van der Waals surface area (Å²) in [4.78, 5) is 5.32. The summed E-state index contributed by atoms with van der Waals surface area (Å²) >= 11 is 12.8. The minimum absolute atomic E-state index is 0.180. The molecule has 1 heterocycles. The summed E-state index contributed by atoms with van der Waals surface area (Å²) in [5, 5.41) is 1.45. The van der Waals surface area contributed by atoms with Crippen molar-refractivity contribution in [1.29, 1.82) is 0 Å². The van der Waals surface area contributed by atoms with Crippen molar-refractivity contribution in [2.45, 2.75) is 51.1 Å². The largest absolute Gasteiger partial charge is 0.298 e. The summed E-state index contributed by atoms with van der Waals surface area (Å²) in [7, 11) is 0. The third kappa shape index (κ3) is 4.57. The molecule has 1 unspecified atom stereocenters. The molecular formula is C24H30Cl2N2. The molecule has 0 N–H and O–H groups in total. The molecule has 28 heavy (non-hydrogen) atoms. The molecule has 2 aromatic rings. The number of aryl methyl sites for hydroxylation is 1. The maximum Gasteiger partial charge on any atom is 0.0617 e. The lowest BCUT2D eigenvalue weighted by Crippen LogP contribution is -2.51. The molecule has 1 atom stereocenters. The van der Waals surface area contributed by atoms with Gasteiger partial charge in [-0.1, -0.05) is 78.4 Å². The second-order valence-corrected chi connectivity index (χ2v) is 9.19. The van der Waals surface area contributed by atoms with Crippen molar-refractivity contribution in [2.75, 3.05) is 26.2 Å². The molecule has 2 fully saturated rings. The lowest BCUT2D eigenvalue weighted by molar-refractivity contribution is 0.0647. The minimum atomic E-state index is 0.180. The van der Waals surface area contributed by atoms with E-state index in [0.717, 1.165) is 42.8 Å². The van der Waals surface area contributed by atoms with E-state index < -0.39 is 0 Å². The Hall–Kier alpha value is -1.06. The summed E-state index contributed by atoms with van der Waals surface area (Å²) in [5.74, 6) is 0. The van der Waals surface area contributed by atoms with Crippen molar-refractivity contribution in [3.8, 4) is 0 Å². The Balaban J connectivity index is 1.56. The van der Waals surface area contributed by atoms with Gasteiger partial charge in [0.2, 0.25) is 0 Å². The van der Waals surface area contributed by atoms with Gasteiger partial charge in [0, 0.05) is 42.3 Å². The molecule has 0 spiro atoms. The van der Waals surface area contributed by atoms with Crippen LogP contribution in [0.1, 0.15) is 54.8 Å². The maximum atomic E-state index is 6.65. The first-order valence-electron chi connectivity index (χ1n) is 10.6. The van der Waals surface area contributed by atoms with E-state index in [1.807, 2.05) is 12.1 Å². The van der Waals surface area contributed by atoms with Gasteiger partial charge in [-0.2, -0.15) is 0 Å². The highest BCUT2D eigenvalue weighted by atomic mass is 35.5. The van der Waals surface area contributed by atoms with Gasteiger partial charge >= 0.3 is 0 Å². The SMILES string of the molecule is Cc1ccc(C(c2ccc(Cl)cc2Cl)N2CCN(C3CCCCC3)CC2)cc1. The van der Waals surface area contributed by atoms with Crippen LogP contribution in [0.15, 0.2) is 42.5 Å². The van der Waals surface area contributed by atoms with Crippen molar-refractivity contribution in [3.63, 3.8) is 0 Å². The maximum absolute atomic E-state index is 6.65. The van der Waals surface area contributed by atoms with E-state index in [1.165, 1.54) is 43.2 Å². The van der Waals surface area contributed by atoms with Gasteiger partial charge in [-0.15, -0.1) is 0 Å². The Morgan fingerprint density at radius 1 is 0.857 bits per heavy atom. The number of piperazine rings is 1. The molecule has 1 aliphatic carbocycles. The fraction of sp³-hybridized carbons (Fsp3) is 0.500. The number of nitrogens with zero attached hydrogens (tertiary/aromatic N) is 2. The van der Waals surface area contributed by atoms with Gasteiger partial charge < -0.3 is 0 Å².